The number of hydrogen-bond acceptors (Lipinski definition) is 2. The Labute approximate surface area is 103 Å². The van der Waals surface area contributed by atoms with Crippen molar-refractivity contribution in [2.75, 3.05) is 26.8 Å². The topological polar surface area (TPSA) is 21.3 Å². The molecule has 2 nitrogen and oxygen atoms in total. The van der Waals surface area contributed by atoms with Crippen molar-refractivity contribution >= 4 is 0 Å². The average Bonchev–Trinajstić information content (AvgIpc) is 2.29. The smallest absolute Gasteiger partial charge is 0.123 e. The lowest BCUT2D eigenvalue weighted by Gasteiger charge is -2.16. The van der Waals surface area contributed by atoms with E-state index in [2.05, 4.69) is 12.2 Å². The Bertz CT molecular complexity index is 317. The van der Waals surface area contributed by atoms with Crippen molar-refractivity contribution < 1.29 is 9.13 Å². The van der Waals surface area contributed by atoms with Crippen LogP contribution in [0.1, 0.15) is 18.9 Å². The minimum Gasteiger partial charge on any atom is -0.384 e. The van der Waals surface area contributed by atoms with Crippen LogP contribution in [0.5, 0.6) is 0 Å². The second kappa shape index (κ2) is 8.20. The number of ether oxygens (including phenoxy) is 1. The summed E-state index contributed by atoms with van der Waals surface area (Å²) >= 11 is 0. The second-order valence-electron chi connectivity index (χ2n) is 4.36. The van der Waals surface area contributed by atoms with Gasteiger partial charge in [0, 0.05) is 13.7 Å². The average molecular weight is 239 g/mol. The van der Waals surface area contributed by atoms with Crippen molar-refractivity contribution in [2.45, 2.75) is 19.8 Å². The predicted octanol–water partition coefficient (Wildman–Crippen LogP) is 2.63. The third kappa shape index (κ3) is 5.80. The number of rotatable bonds is 8. The van der Waals surface area contributed by atoms with E-state index in [1.807, 2.05) is 6.07 Å². The number of nitrogens with one attached hydrogen (secondary N) is 1. The Morgan fingerprint density at radius 1 is 1.41 bits per heavy atom. The van der Waals surface area contributed by atoms with Gasteiger partial charge in [0.25, 0.3) is 0 Å². The quantitative estimate of drug-likeness (QED) is 0.704. The van der Waals surface area contributed by atoms with Crippen LogP contribution in [-0.2, 0) is 11.2 Å². The SMILES string of the molecule is CCCNCC(COC)Cc1cccc(F)c1. The van der Waals surface area contributed by atoms with Crippen molar-refractivity contribution in [3.63, 3.8) is 0 Å². The predicted molar refractivity (Wildman–Crippen MR) is 68.6 cm³/mol. The van der Waals surface area contributed by atoms with Crippen LogP contribution in [0.3, 0.4) is 0 Å². The highest BCUT2D eigenvalue weighted by molar-refractivity contribution is 5.16. The maximum absolute atomic E-state index is 13.1. The minimum atomic E-state index is -0.166. The lowest BCUT2D eigenvalue weighted by atomic mass is 10.00. The van der Waals surface area contributed by atoms with E-state index in [0.29, 0.717) is 12.5 Å². The van der Waals surface area contributed by atoms with Crippen LogP contribution < -0.4 is 5.32 Å². The molecule has 0 aliphatic carbocycles. The highest BCUT2D eigenvalue weighted by Gasteiger charge is 2.09. The fourth-order valence-electron chi connectivity index (χ4n) is 1.91. The summed E-state index contributed by atoms with van der Waals surface area (Å²) in [4.78, 5) is 0. The summed E-state index contributed by atoms with van der Waals surface area (Å²) < 4.78 is 18.3. The van der Waals surface area contributed by atoms with Gasteiger partial charge in [0.2, 0.25) is 0 Å². The van der Waals surface area contributed by atoms with Gasteiger partial charge in [0.05, 0.1) is 6.61 Å². The highest BCUT2D eigenvalue weighted by atomic mass is 19.1. The summed E-state index contributed by atoms with van der Waals surface area (Å²) in [5.41, 5.74) is 1.03. The zero-order valence-electron chi connectivity index (χ0n) is 10.7. The van der Waals surface area contributed by atoms with Gasteiger partial charge in [-0.2, -0.15) is 0 Å². The minimum absolute atomic E-state index is 0.166. The first-order valence-electron chi connectivity index (χ1n) is 6.20. The molecule has 17 heavy (non-hydrogen) atoms. The standard InChI is InChI=1S/C14H22FNO/c1-3-7-16-10-13(11-17-2)8-12-5-4-6-14(15)9-12/h4-6,9,13,16H,3,7-8,10-11H2,1-2H3. The molecule has 0 bridgehead atoms. The molecule has 0 fully saturated rings. The molecule has 0 aliphatic heterocycles. The van der Waals surface area contributed by atoms with E-state index in [9.17, 15) is 4.39 Å². The van der Waals surface area contributed by atoms with Crippen LogP contribution in [-0.4, -0.2) is 26.8 Å². The molecule has 0 saturated carbocycles. The Morgan fingerprint density at radius 2 is 2.24 bits per heavy atom. The van der Waals surface area contributed by atoms with E-state index in [-0.39, 0.29) is 5.82 Å². The summed E-state index contributed by atoms with van der Waals surface area (Å²) in [5, 5.41) is 3.38. The molecule has 1 N–H and O–H groups in total. The number of methoxy groups -OCH3 is 1. The fraction of sp³-hybridized carbons (Fsp3) is 0.571. The zero-order valence-corrected chi connectivity index (χ0v) is 10.7. The summed E-state index contributed by atoms with van der Waals surface area (Å²) in [7, 11) is 1.71. The Morgan fingerprint density at radius 3 is 2.88 bits per heavy atom. The van der Waals surface area contributed by atoms with Gasteiger partial charge in [0.1, 0.15) is 5.82 Å². The third-order valence-corrected chi connectivity index (χ3v) is 2.68. The first-order chi connectivity index (χ1) is 8.26. The van der Waals surface area contributed by atoms with Gasteiger partial charge in [-0.1, -0.05) is 19.1 Å². The number of hydrogen-bond donors (Lipinski definition) is 1. The van der Waals surface area contributed by atoms with E-state index >= 15 is 0 Å². The van der Waals surface area contributed by atoms with Crippen molar-refractivity contribution in [2.24, 2.45) is 5.92 Å². The van der Waals surface area contributed by atoms with Crippen LogP contribution in [0.4, 0.5) is 4.39 Å². The van der Waals surface area contributed by atoms with Crippen LogP contribution >= 0.6 is 0 Å². The molecule has 1 aromatic rings. The van der Waals surface area contributed by atoms with Crippen molar-refractivity contribution in [3.05, 3.63) is 35.6 Å². The van der Waals surface area contributed by atoms with Gasteiger partial charge in [-0.25, -0.2) is 4.39 Å². The van der Waals surface area contributed by atoms with Gasteiger partial charge in [-0.05, 0) is 43.0 Å². The molecule has 1 atom stereocenters. The largest absolute Gasteiger partial charge is 0.384 e. The summed E-state index contributed by atoms with van der Waals surface area (Å²) in [6.45, 7) is 4.78. The molecule has 0 aromatic heterocycles. The Kier molecular flexibility index (Phi) is 6.82. The molecular weight excluding hydrogens is 217 g/mol. The van der Waals surface area contributed by atoms with Crippen LogP contribution in [0.15, 0.2) is 24.3 Å². The van der Waals surface area contributed by atoms with E-state index in [4.69, 9.17) is 4.74 Å². The van der Waals surface area contributed by atoms with E-state index in [0.717, 1.165) is 31.5 Å². The number of benzene rings is 1. The molecule has 0 amide bonds. The van der Waals surface area contributed by atoms with E-state index in [1.165, 1.54) is 6.07 Å². The van der Waals surface area contributed by atoms with Gasteiger partial charge in [-0.15, -0.1) is 0 Å². The summed E-state index contributed by atoms with van der Waals surface area (Å²) in [6.07, 6.45) is 1.97. The third-order valence-electron chi connectivity index (χ3n) is 2.68. The molecular formula is C14H22FNO. The van der Waals surface area contributed by atoms with Crippen LogP contribution in [0.2, 0.25) is 0 Å². The van der Waals surface area contributed by atoms with Gasteiger partial charge >= 0.3 is 0 Å². The molecule has 96 valence electrons. The molecule has 0 spiro atoms. The normalized spacial score (nSPS) is 12.6. The maximum atomic E-state index is 13.1. The van der Waals surface area contributed by atoms with Gasteiger partial charge in [0.15, 0.2) is 0 Å². The van der Waals surface area contributed by atoms with Gasteiger partial charge < -0.3 is 10.1 Å². The molecule has 0 heterocycles. The van der Waals surface area contributed by atoms with Crippen molar-refractivity contribution in [3.8, 4) is 0 Å². The Balaban J connectivity index is 2.47. The lowest BCUT2D eigenvalue weighted by molar-refractivity contribution is 0.151. The Hall–Kier alpha value is -0.930. The lowest BCUT2D eigenvalue weighted by Crippen LogP contribution is -2.27. The van der Waals surface area contributed by atoms with E-state index in [1.54, 1.807) is 19.2 Å². The summed E-state index contributed by atoms with van der Waals surface area (Å²) in [5.74, 6) is 0.230. The van der Waals surface area contributed by atoms with Gasteiger partial charge in [-0.3, -0.25) is 0 Å². The fourth-order valence-corrected chi connectivity index (χ4v) is 1.91. The maximum Gasteiger partial charge on any atom is 0.123 e. The number of halogens is 1. The second-order valence-corrected chi connectivity index (χ2v) is 4.36. The van der Waals surface area contributed by atoms with Crippen molar-refractivity contribution in [1.82, 2.24) is 5.32 Å². The molecule has 1 aromatic carbocycles. The zero-order chi connectivity index (χ0) is 12.5. The first kappa shape index (κ1) is 14.1. The van der Waals surface area contributed by atoms with Crippen LogP contribution in [0, 0.1) is 11.7 Å². The molecule has 0 aliphatic rings. The molecule has 0 radical (unpaired) electrons. The highest BCUT2D eigenvalue weighted by Crippen LogP contribution is 2.10. The van der Waals surface area contributed by atoms with Crippen molar-refractivity contribution in [1.29, 1.82) is 0 Å². The molecule has 3 heteroatoms. The first-order valence-corrected chi connectivity index (χ1v) is 6.20. The van der Waals surface area contributed by atoms with E-state index < -0.39 is 0 Å². The summed E-state index contributed by atoms with van der Waals surface area (Å²) in [6, 6.07) is 6.80. The molecule has 1 rings (SSSR count). The van der Waals surface area contributed by atoms with Crippen LogP contribution in [0.25, 0.3) is 0 Å². The monoisotopic (exact) mass is 239 g/mol. The molecule has 1 unspecified atom stereocenters. The molecule has 0 saturated heterocycles.